The zero-order valence-corrected chi connectivity index (χ0v) is 9.70. The molecule has 7 heteroatoms. The van der Waals surface area contributed by atoms with Crippen molar-refractivity contribution in [1.82, 2.24) is 8.61 Å². The van der Waals surface area contributed by atoms with Crippen molar-refractivity contribution >= 4 is 16.2 Å². The van der Waals surface area contributed by atoms with Crippen LogP contribution in [0.4, 0.5) is 0 Å². The summed E-state index contributed by atoms with van der Waals surface area (Å²) in [5.74, 6) is -1.12. The molecule has 1 rings (SSSR count). The number of nitrogens with zero attached hydrogens (tertiary/aromatic N) is 2. The topological polar surface area (TPSA) is 77.9 Å². The summed E-state index contributed by atoms with van der Waals surface area (Å²) in [6, 6.07) is -0.133. The molecule has 0 unspecified atom stereocenters. The zero-order chi connectivity index (χ0) is 11.6. The first-order valence-corrected chi connectivity index (χ1v) is 6.24. The van der Waals surface area contributed by atoms with Gasteiger partial charge in [0.2, 0.25) is 0 Å². The van der Waals surface area contributed by atoms with E-state index in [2.05, 4.69) is 0 Å². The summed E-state index contributed by atoms with van der Waals surface area (Å²) in [5, 5.41) is 8.60. The lowest BCUT2D eigenvalue weighted by atomic mass is 10.3. The van der Waals surface area contributed by atoms with Crippen molar-refractivity contribution in [3.63, 3.8) is 0 Å². The summed E-state index contributed by atoms with van der Waals surface area (Å²) in [7, 11) is -3.57. The second-order valence-electron chi connectivity index (χ2n) is 3.79. The number of carbonyl (C=O) groups is 1. The van der Waals surface area contributed by atoms with Crippen LogP contribution in [0, 0.1) is 0 Å². The number of carboxylic acid groups (broad SMARTS) is 1. The first-order chi connectivity index (χ1) is 6.85. The fraction of sp³-hybridized carbons (Fsp3) is 0.875. The van der Waals surface area contributed by atoms with Crippen molar-refractivity contribution < 1.29 is 18.3 Å². The Morgan fingerprint density at radius 3 is 2.47 bits per heavy atom. The number of rotatable bonds is 3. The molecule has 0 aromatic rings. The molecule has 1 N–H and O–H groups in total. The SMILES string of the molecule is CC(C)N1CCCN(CC(=O)O)S1(=O)=O. The largest absolute Gasteiger partial charge is 0.480 e. The van der Waals surface area contributed by atoms with Gasteiger partial charge in [0.15, 0.2) is 0 Å². The highest BCUT2D eigenvalue weighted by molar-refractivity contribution is 7.86. The van der Waals surface area contributed by atoms with Crippen molar-refractivity contribution in [2.75, 3.05) is 19.6 Å². The summed E-state index contributed by atoms with van der Waals surface area (Å²) >= 11 is 0. The molecule has 0 aromatic carbocycles. The molecule has 0 saturated carbocycles. The third-order valence-electron chi connectivity index (χ3n) is 2.30. The van der Waals surface area contributed by atoms with E-state index in [1.165, 1.54) is 4.31 Å². The molecule has 1 aliphatic rings. The van der Waals surface area contributed by atoms with Crippen molar-refractivity contribution in [1.29, 1.82) is 0 Å². The molecule has 1 saturated heterocycles. The summed E-state index contributed by atoms with van der Waals surface area (Å²) in [5.41, 5.74) is 0. The average Bonchev–Trinajstić information content (AvgIpc) is 2.06. The molecular weight excluding hydrogens is 220 g/mol. The Labute approximate surface area is 89.7 Å². The fourth-order valence-corrected chi connectivity index (χ4v) is 3.44. The molecule has 0 spiro atoms. The summed E-state index contributed by atoms with van der Waals surface area (Å²) < 4.78 is 26.1. The van der Waals surface area contributed by atoms with E-state index in [9.17, 15) is 13.2 Å². The van der Waals surface area contributed by atoms with Gasteiger partial charge in [0, 0.05) is 19.1 Å². The third-order valence-corrected chi connectivity index (χ3v) is 4.46. The maximum atomic E-state index is 11.9. The molecule has 15 heavy (non-hydrogen) atoms. The van der Waals surface area contributed by atoms with E-state index >= 15 is 0 Å². The van der Waals surface area contributed by atoms with Crippen molar-refractivity contribution in [3.05, 3.63) is 0 Å². The van der Waals surface area contributed by atoms with Gasteiger partial charge in [0.1, 0.15) is 6.54 Å². The number of hydrogen-bond acceptors (Lipinski definition) is 3. The van der Waals surface area contributed by atoms with Crippen LogP contribution in [0.3, 0.4) is 0 Å². The molecule has 0 aromatic heterocycles. The molecular formula is C8H16N2O4S. The number of hydrogen-bond donors (Lipinski definition) is 1. The van der Waals surface area contributed by atoms with Gasteiger partial charge in [0.05, 0.1) is 0 Å². The molecule has 1 aliphatic heterocycles. The van der Waals surface area contributed by atoms with Crippen LogP contribution in [0.1, 0.15) is 20.3 Å². The van der Waals surface area contributed by atoms with Crippen molar-refractivity contribution in [2.45, 2.75) is 26.3 Å². The molecule has 1 fully saturated rings. The quantitative estimate of drug-likeness (QED) is 0.732. The predicted molar refractivity (Wildman–Crippen MR) is 54.6 cm³/mol. The molecule has 0 aliphatic carbocycles. The maximum Gasteiger partial charge on any atom is 0.318 e. The second-order valence-corrected chi connectivity index (χ2v) is 5.67. The first kappa shape index (κ1) is 12.4. The van der Waals surface area contributed by atoms with E-state index in [0.717, 1.165) is 4.31 Å². The Bertz CT molecular complexity index is 339. The third kappa shape index (κ3) is 2.67. The van der Waals surface area contributed by atoms with E-state index in [4.69, 9.17) is 5.11 Å². The molecule has 0 bridgehead atoms. The lowest BCUT2D eigenvalue weighted by Crippen LogP contribution is -2.53. The second kappa shape index (κ2) is 4.46. The van der Waals surface area contributed by atoms with Gasteiger partial charge in [-0.05, 0) is 20.3 Å². The van der Waals surface area contributed by atoms with Crippen LogP contribution in [0.15, 0.2) is 0 Å². The summed E-state index contributed by atoms with van der Waals surface area (Å²) in [4.78, 5) is 10.5. The standard InChI is InChI=1S/C8H16N2O4S/c1-7(2)10-5-3-4-9(6-8(11)12)15(10,13)14/h7H,3-6H2,1-2H3,(H,11,12). The van der Waals surface area contributed by atoms with Gasteiger partial charge < -0.3 is 5.11 Å². The minimum atomic E-state index is -3.57. The highest BCUT2D eigenvalue weighted by atomic mass is 32.2. The minimum Gasteiger partial charge on any atom is -0.480 e. The van der Waals surface area contributed by atoms with Gasteiger partial charge in [-0.25, -0.2) is 0 Å². The van der Waals surface area contributed by atoms with Crippen LogP contribution in [-0.4, -0.2) is 53.8 Å². The van der Waals surface area contributed by atoms with Crippen LogP contribution < -0.4 is 0 Å². The van der Waals surface area contributed by atoms with E-state index in [-0.39, 0.29) is 12.6 Å². The number of carboxylic acids is 1. The lowest BCUT2D eigenvalue weighted by Gasteiger charge is -2.35. The molecule has 0 amide bonds. The monoisotopic (exact) mass is 236 g/mol. The van der Waals surface area contributed by atoms with Gasteiger partial charge in [-0.15, -0.1) is 0 Å². The molecule has 1 heterocycles. The summed E-state index contributed by atoms with van der Waals surface area (Å²) in [6.07, 6.45) is 0.671. The van der Waals surface area contributed by atoms with Gasteiger partial charge in [-0.3, -0.25) is 4.79 Å². The number of aliphatic carboxylic acids is 1. The van der Waals surface area contributed by atoms with Crippen molar-refractivity contribution in [2.24, 2.45) is 0 Å². The van der Waals surface area contributed by atoms with Crippen LogP contribution in [0.5, 0.6) is 0 Å². The molecule has 6 nitrogen and oxygen atoms in total. The Morgan fingerprint density at radius 1 is 1.40 bits per heavy atom. The predicted octanol–water partition coefficient (Wildman–Crippen LogP) is -0.268. The summed E-state index contributed by atoms with van der Waals surface area (Å²) in [6.45, 7) is 3.86. The Hall–Kier alpha value is -0.660. The normalized spacial score (nSPS) is 23.1. The Morgan fingerprint density at radius 2 is 2.00 bits per heavy atom. The zero-order valence-electron chi connectivity index (χ0n) is 8.88. The van der Waals surface area contributed by atoms with E-state index in [1.54, 1.807) is 13.8 Å². The molecule has 0 radical (unpaired) electrons. The Balaban J connectivity index is 2.87. The van der Waals surface area contributed by atoms with E-state index < -0.39 is 22.7 Å². The van der Waals surface area contributed by atoms with Gasteiger partial charge in [-0.1, -0.05) is 0 Å². The lowest BCUT2D eigenvalue weighted by molar-refractivity contribution is -0.137. The average molecular weight is 236 g/mol. The fourth-order valence-electron chi connectivity index (χ4n) is 1.62. The van der Waals surface area contributed by atoms with Crippen LogP contribution >= 0.6 is 0 Å². The van der Waals surface area contributed by atoms with Gasteiger partial charge in [-0.2, -0.15) is 17.0 Å². The van der Waals surface area contributed by atoms with Gasteiger partial charge in [0.25, 0.3) is 10.2 Å². The van der Waals surface area contributed by atoms with E-state index in [0.29, 0.717) is 13.0 Å². The highest BCUT2D eigenvalue weighted by Gasteiger charge is 2.35. The van der Waals surface area contributed by atoms with E-state index in [1.807, 2.05) is 0 Å². The molecule has 0 atom stereocenters. The van der Waals surface area contributed by atoms with Crippen LogP contribution in [-0.2, 0) is 15.0 Å². The Kier molecular flexibility index (Phi) is 3.69. The highest BCUT2D eigenvalue weighted by Crippen LogP contribution is 2.18. The van der Waals surface area contributed by atoms with Crippen molar-refractivity contribution in [3.8, 4) is 0 Å². The smallest absolute Gasteiger partial charge is 0.318 e. The van der Waals surface area contributed by atoms with Gasteiger partial charge >= 0.3 is 5.97 Å². The van der Waals surface area contributed by atoms with Crippen LogP contribution in [0.25, 0.3) is 0 Å². The molecule has 88 valence electrons. The first-order valence-electron chi connectivity index (χ1n) is 4.84. The van der Waals surface area contributed by atoms with Crippen LogP contribution in [0.2, 0.25) is 0 Å². The minimum absolute atomic E-state index is 0.133. The maximum absolute atomic E-state index is 11.9.